The molecule has 19 heavy (non-hydrogen) atoms. The quantitative estimate of drug-likeness (QED) is 0.824. The fraction of sp³-hybridized carbons (Fsp3) is 0.467. The molecule has 0 bridgehead atoms. The first-order valence-corrected chi connectivity index (χ1v) is 6.71. The predicted octanol–water partition coefficient (Wildman–Crippen LogP) is 2.09. The molecule has 0 spiro atoms. The van der Waals surface area contributed by atoms with E-state index in [2.05, 4.69) is 5.32 Å². The van der Waals surface area contributed by atoms with Gasteiger partial charge in [0, 0.05) is 12.5 Å². The van der Waals surface area contributed by atoms with Crippen molar-refractivity contribution in [2.45, 2.75) is 44.6 Å². The molecule has 1 saturated carbocycles. The summed E-state index contributed by atoms with van der Waals surface area (Å²) in [5.74, 6) is -1.88. The molecular formula is C15H19NO3. The second-order valence-corrected chi connectivity index (χ2v) is 5.03. The van der Waals surface area contributed by atoms with Gasteiger partial charge in [-0.2, -0.15) is 0 Å². The summed E-state index contributed by atoms with van der Waals surface area (Å²) in [7, 11) is 0. The lowest BCUT2D eigenvalue weighted by atomic mass is 9.94. The molecule has 1 aromatic rings. The van der Waals surface area contributed by atoms with Gasteiger partial charge < -0.3 is 10.4 Å². The number of carbonyl (C=O) groups excluding carboxylic acids is 1. The van der Waals surface area contributed by atoms with Crippen molar-refractivity contribution in [2.24, 2.45) is 0 Å². The molecule has 1 aliphatic rings. The molecule has 102 valence electrons. The molecule has 4 nitrogen and oxygen atoms in total. The number of carboxylic acids is 1. The predicted molar refractivity (Wildman–Crippen MR) is 72.0 cm³/mol. The summed E-state index contributed by atoms with van der Waals surface area (Å²) in [6.07, 6.45) is 2.95. The van der Waals surface area contributed by atoms with E-state index < -0.39 is 11.9 Å². The van der Waals surface area contributed by atoms with Crippen LogP contribution >= 0.6 is 0 Å². The van der Waals surface area contributed by atoms with E-state index in [1.165, 1.54) is 0 Å². The highest BCUT2D eigenvalue weighted by Crippen LogP contribution is 2.23. The van der Waals surface area contributed by atoms with Crippen molar-refractivity contribution in [3.63, 3.8) is 0 Å². The van der Waals surface area contributed by atoms with Crippen molar-refractivity contribution in [3.05, 3.63) is 35.4 Å². The topological polar surface area (TPSA) is 66.4 Å². The van der Waals surface area contributed by atoms with Crippen LogP contribution in [0.1, 0.15) is 43.2 Å². The molecule has 0 aromatic heterocycles. The minimum atomic E-state index is -0.949. The number of hydrogen-bond acceptors (Lipinski definition) is 2. The van der Waals surface area contributed by atoms with Crippen LogP contribution in [0.5, 0.6) is 0 Å². The molecule has 0 heterocycles. The Morgan fingerprint density at radius 2 is 1.95 bits per heavy atom. The summed E-state index contributed by atoms with van der Waals surface area (Å²) < 4.78 is 0. The lowest BCUT2D eigenvalue weighted by molar-refractivity contribution is -0.140. The van der Waals surface area contributed by atoms with Gasteiger partial charge in [0.2, 0.25) is 5.91 Å². The lowest BCUT2D eigenvalue weighted by Gasteiger charge is -2.13. The van der Waals surface area contributed by atoms with Crippen LogP contribution in [0.15, 0.2) is 24.3 Å². The van der Waals surface area contributed by atoms with E-state index in [9.17, 15) is 14.7 Å². The zero-order valence-corrected chi connectivity index (χ0v) is 11.1. The van der Waals surface area contributed by atoms with Gasteiger partial charge in [-0.3, -0.25) is 9.59 Å². The fourth-order valence-electron chi connectivity index (χ4n) is 2.03. The third-order valence-corrected chi connectivity index (χ3v) is 3.42. The monoisotopic (exact) mass is 261 g/mol. The second-order valence-electron chi connectivity index (χ2n) is 5.03. The van der Waals surface area contributed by atoms with Crippen LogP contribution in [-0.2, 0) is 16.0 Å². The van der Waals surface area contributed by atoms with E-state index in [0.29, 0.717) is 5.56 Å². The molecule has 1 fully saturated rings. The smallest absolute Gasteiger partial charge is 0.311 e. The summed E-state index contributed by atoms with van der Waals surface area (Å²) in [6.45, 7) is 2.05. The van der Waals surface area contributed by atoms with Gasteiger partial charge in [-0.15, -0.1) is 0 Å². The average Bonchev–Trinajstić information content (AvgIpc) is 3.20. The Bertz CT molecular complexity index is 463. The van der Waals surface area contributed by atoms with Gasteiger partial charge in [0.25, 0.3) is 0 Å². The molecule has 4 heteroatoms. The molecule has 2 rings (SSSR count). The van der Waals surface area contributed by atoms with E-state index in [1.807, 2.05) is 31.2 Å². The summed E-state index contributed by atoms with van der Waals surface area (Å²) in [4.78, 5) is 23.0. The molecule has 1 aliphatic carbocycles. The van der Waals surface area contributed by atoms with Gasteiger partial charge in [0.05, 0.1) is 5.92 Å². The number of benzene rings is 1. The zero-order valence-electron chi connectivity index (χ0n) is 11.1. The zero-order chi connectivity index (χ0) is 13.8. The first-order chi connectivity index (χ1) is 9.10. The molecule has 0 aliphatic heterocycles. The number of aryl methyl sites for hydroxylation is 1. The van der Waals surface area contributed by atoms with Gasteiger partial charge in [-0.1, -0.05) is 31.2 Å². The van der Waals surface area contributed by atoms with Crippen LogP contribution < -0.4 is 5.32 Å². The summed E-state index contributed by atoms with van der Waals surface area (Å²) in [5.41, 5.74) is 1.85. The van der Waals surface area contributed by atoms with Gasteiger partial charge in [0.1, 0.15) is 0 Å². The number of rotatable bonds is 6. The van der Waals surface area contributed by atoms with Gasteiger partial charge in [-0.05, 0) is 30.4 Å². The van der Waals surface area contributed by atoms with E-state index in [4.69, 9.17) is 0 Å². The summed E-state index contributed by atoms with van der Waals surface area (Å²) in [5, 5.41) is 12.1. The van der Waals surface area contributed by atoms with Gasteiger partial charge in [0.15, 0.2) is 0 Å². The highest BCUT2D eigenvalue weighted by atomic mass is 16.4. The Morgan fingerprint density at radius 3 is 2.42 bits per heavy atom. The maximum absolute atomic E-state index is 11.7. The van der Waals surface area contributed by atoms with Crippen LogP contribution in [0.4, 0.5) is 0 Å². The Kier molecular flexibility index (Phi) is 4.20. The van der Waals surface area contributed by atoms with Crippen molar-refractivity contribution in [2.75, 3.05) is 0 Å². The average molecular weight is 261 g/mol. The fourth-order valence-corrected chi connectivity index (χ4v) is 2.03. The Balaban J connectivity index is 2.04. The van der Waals surface area contributed by atoms with Crippen molar-refractivity contribution in [1.82, 2.24) is 5.32 Å². The molecular weight excluding hydrogens is 242 g/mol. The van der Waals surface area contributed by atoms with Crippen molar-refractivity contribution in [1.29, 1.82) is 0 Å². The van der Waals surface area contributed by atoms with Gasteiger partial charge in [-0.25, -0.2) is 0 Å². The number of aliphatic carboxylic acids is 1. The maximum Gasteiger partial charge on any atom is 0.311 e. The normalized spacial score (nSPS) is 15.8. The van der Waals surface area contributed by atoms with Crippen molar-refractivity contribution in [3.8, 4) is 0 Å². The minimum absolute atomic E-state index is 0.0112. The molecule has 1 unspecified atom stereocenters. The summed E-state index contributed by atoms with van der Waals surface area (Å²) >= 11 is 0. The van der Waals surface area contributed by atoms with E-state index in [0.717, 1.165) is 24.8 Å². The molecule has 2 N–H and O–H groups in total. The number of carbonyl (C=O) groups is 2. The lowest BCUT2D eigenvalue weighted by Crippen LogP contribution is -2.29. The number of nitrogens with one attached hydrogen (secondary N) is 1. The van der Waals surface area contributed by atoms with Crippen molar-refractivity contribution >= 4 is 11.9 Å². The minimum Gasteiger partial charge on any atom is -0.481 e. The first kappa shape index (κ1) is 13.6. The molecule has 1 amide bonds. The molecule has 0 radical (unpaired) electrons. The maximum atomic E-state index is 11.7. The van der Waals surface area contributed by atoms with E-state index >= 15 is 0 Å². The summed E-state index contributed by atoms with van der Waals surface area (Å²) in [6, 6.07) is 7.72. The molecule has 0 saturated heterocycles. The third-order valence-electron chi connectivity index (χ3n) is 3.42. The molecule has 1 aromatic carbocycles. The van der Waals surface area contributed by atoms with Crippen LogP contribution in [0.3, 0.4) is 0 Å². The highest BCUT2D eigenvalue weighted by molar-refractivity contribution is 5.86. The number of carboxylic acid groups (broad SMARTS) is 1. The first-order valence-electron chi connectivity index (χ1n) is 6.71. The van der Waals surface area contributed by atoms with Crippen LogP contribution in [-0.4, -0.2) is 23.0 Å². The number of hydrogen-bond donors (Lipinski definition) is 2. The Hall–Kier alpha value is -1.84. The van der Waals surface area contributed by atoms with E-state index in [1.54, 1.807) is 0 Å². The third kappa shape index (κ3) is 3.81. The van der Waals surface area contributed by atoms with Crippen LogP contribution in [0.2, 0.25) is 0 Å². The standard InChI is InChI=1S/C15H19NO3/c1-2-10-3-5-11(6-4-10)13(15(18)19)9-14(17)16-12-7-8-12/h3-6,12-13H,2,7-9H2,1H3,(H,16,17)(H,18,19). The molecule has 1 atom stereocenters. The van der Waals surface area contributed by atoms with Gasteiger partial charge >= 0.3 is 5.97 Å². The van der Waals surface area contributed by atoms with Crippen molar-refractivity contribution < 1.29 is 14.7 Å². The SMILES string of the molecule is CCc1ccc(C(CC(=O)NC2CC2)C(=O)O)cc1. The Morgan fingerprint density at radius 1 is 1.32 bits per heavy atom. The largest absolute Gasteiger partial charge is 0.481 e. The second kappa shape index (κ2) is 5.87. The number of amides is 1. The van der Waals surface area contributed by atoms with Crippen LogP contribution in [0.25, 0.3) is 0 Å². The van der Waals surface area contributed by atoms with E-state index in [-0.39, 0.29) is 18.4 Å². The highest BCUT2D eigenvalue weighted by Gasteiger charge is 2.27. The Labute approximate surface area is 112 Å². The van der Waals surface area contributed by atoms with Crippen LogP contribution in [0, 0.1) is 0 Å².